The molecular weight excluding hydrogens is 279 g/mol. The number of sulfone groups is 1. The molecular formula is C10H9F5O2S. The summed E-state index contributed by atoms with van der Waals surface area (Å²) in [4.78, 5) is -0.783. The van der Waals surface area contributed by atoms with Crippen LogP contribution >= 0.6 is 0 Å². The Labute approximate surface area is 100 Å². The zero-order chi connectivity index (χ0) is 14.4. The maximum atomic E-state index is 13.0. The fraction of sp³-hybridized carbons (Fsp3) is 0.400. The van der Waals surface area contributed by atoms with E-state index in [1.54, 1.807) is 0 Å². The van der Waals surface area contributed by atoms with E-state index in [1.807, 2.05) is 0 Å². The Bertz CT molecular complexity index is 522. The Morgan fingerprint density at radius 2 is 1.39 bits per heavy atom. The van der Waals surface area contributed by atoms with Crippen LogP contribution in [0.3, 0.4) is 0 Å². The van der Waals surface area contributed by atoms with Crippen LogP contribution in [0.1, 0.15) is 18.1 Å². The minimum atomic E-state index is -4.89. The Balaban J connectivity index is 3.60. The molecule has 1 aromatic carbocycles. The Morgan fingerprint density at radius 3 is 1.72 bits per heavy atom. The first-order valence-corrected chi connectivity index (χ1v) is 6.51. The highest BCUT2D eigenvalue weighted by Crippen LogP contribution is 2.36. The normalized spacial score (nSPS) is 13.7. The molecule has 0 radical (unpaired) electrons. The smallest absolute Gasteiger partial charge is 0.224 e. The van der Waals surface area contributed by atoms with Crippen molar-refractivity contribution in [3.63, 3.8) is 0 Å². The van der Waals surface area contributed by atoms with E-state index in [0.29, 0.717) is 25.3 Å². The molecule has 102 valence electrons. The van der Waals surface area contributed by atoms with Crippen molar-refractivity contribution in [3.05, 3.63) is 29.3 Å². The number of rotatable bonds is 2. The molecule has 0 aliphatic heterocycles. The number of alkyl halides is 5. The van der Waals surface area contributed by atoms with E-state index >= 15 is 0 Å². The van der Waals surface area contributed by atoms with Gasteiger partial charge < -0.3 is 0 Å². The number of hydrogen-bond donors (Lipinski definition) is 0. The van der Waals surface area contributed by atoms with Crippen LogP contribution in [-0.2, 0) is 21.9 Å². The summed E-state index contributed by atoms with van der Waals surface area (Å²) in [6, 6.07) is 1.13. The molecule has 0 bridgehead atoms. The third-order valence-electron chi connectivity index (χ3n) is 2.17. The maximum absolute atomic E-state index is 13.0. The van der Waals surface area contributed by atoms with Crippen molar-refractivity contribution in [2.45, 2.75) is 23.9 Å². The Kier molecular flexibility index (Phi) is 3.46. The predicted molar refractivity (Wildman–Crippen MR) is 54.1 cm³/mol. The summed E-state index contributed by atoms with van der Waals surface area (Å²) in [6.45, 7) is 0.397. The second-order valence-electron chi connectivity index (χ2n) is 3.90. The van der Waals surface area contributed by atoms with Crippen LogP contribution in [0, 0.1) is 0 Å². The van der Waals surface area contributed by atoms with Gasteiger partial charge in [-0.25, -0.2) is 17.2 Å². The molecule has 2 nitrogen and oxygen atoms in total. The topological polar surface area (TPSA) is 34.1 Å². The largest absolute Gasteiger partial charge is 0.416 e. The van der Waals surface area contributed by atoms with Crippen molar-refractivity contribution < 1.29 is 30.4 Å². The zero-order valence-electron chi connectivity index (χ0n) is 9.35. The van der Waals surface area contributed by atoms with Gasteiger partial charge in [-0.2, -0.15) is 13.2 Å². The van der Waals surface area contributed by atoms with Gasteiger partial charge in [-0.05, 0) is 18.2 Å². The molecule has 0 aliphatic carbocycles. The third kappa shape index (κ3) is 3.41. The lowest BCUT2D eigenvalue weighted by atomic mass is 10.1. The highest BCUT2D eigenvalue weighted by molar-refractivity contribution is 7.90. The van der Waals surface area contributed by atoms with Crippen LogP contribution in [0.5, 0.6) is 0 Å². The highest BCUT2D eigenvalue weighted by atomic mass is 32.2. The van der Waals surface area contributed by atoms with Gasteiger partial charge in [0.2, 0.25) is 0 Å². The van der Waals surface area contributed by atoms with Crippen molar-refractivity contribution in [2.24, 2.45) is 0 Å². The monoisotopic (exact) mass is 288 g/mol. The van der Waals surface area contributed by atoms with Gasteiger partial charge in [0.1, 0.15) is 0 Å². The SMILES string of the molecule is CC(F)(F)c1cc(C(F)(F)F)cc(S(C)(=O)=O)c1. The van der Waals surface area contributed by atoms with Gasteiger partial charge in [-0.15, -0.1) is 0 Å². The van der Waals surface area contributed by atoms with E-state index in [4.69, 9.17) is 0 Å². The van der Waals surface area contributed by atoms with Gasteiger partial charge in [-0.3, -0.25) is 0 Å². The first-order chi connectivity index (χ1) is 7.82. The van der Waals surface area contributed by atoms with E-state index in [-0.39, 0.29) is 6.07 Å². The van der Waals surface area contributed by atoms with Crippen LogP contribution in [0.15, 0.2) is 23.1 Å². The lowest BCUT2D eigenvalue weighted by molar-refractivity contribution is -0.138. The molecule has 0 aliphatic rings. The summed E-state index contributed by atoms with van der Waals surface area (Å²) in [5.74, 6) is -3.55. The first-order valence-electron chi connectivity index (χ1n) is 4.62. The van der Waals surface area contributed by atoms with Crippen LogP contribution < -0.4 is 0 Å². The molecule has 0 unspecified atom stereocenters. The molecule has 0 atom stereocenters. The standard InChI is InChI=1S/C10H9F5O2S/c1-9(11,12)6-3-7(10(13,14)15)5-8(4-6)18(2,16)17/h3-5H,1-2H3. The zero-order valence-corrected chi connectivity index (χ0v) is 10.2. The molecule has 0 amide bonds. The Morgan fingerprint density at radius 1 is 0.944 bits per heavy atom. The minimum absolute atomic E-state index is 0.245. The van der Waals surface area contributed by atoms with E-state index in [1.165, 1.54) is 0 Å². The lowest BCUT2D eigenvalue weighted by Gasteiger charge is -2.15. The third-order valence-corrected chi connectivity index (χ3v) is 3.26. The van der Waals surface area contributed by atoms with Crippen molar-refractivity contribution in [2.75, 3.05) is 6.26 Å². The van der Waals surface area contributed by atoms with Crippen LogP contribution in [0.4, 0.5) is 22.0 Å². The first kappa shape index (κ1) is 14.9. The summed E-state index contributed by atoms with van der Waals surface area (Å²) in [7, 11) is -4.00. The molecule has 1 rings (SSSR count). The average Bonchev–Trinajstić information content (AvgIpc) is 2.13. The van der Waals surface area contributed by atoms with E-state index < -0.39 is 38.0 Å². The maximum Gasteiger partial charge on any atom is 0.416 e. The molecule has 1 aromatic rings. The molecule has 0 spiro atoms. The highest BCUT2D eigenvalue weighted by Gasteiger charge is 2.35. The van der Waals surface area contributed by atoms with Gasteiger partial charge in [0.15, 0.2) is 9.84 Å². The average molecular weight is 288 g/mol. The van der Waals surface area contributed by atoms with E-state index in [0.717, 1.165) is 0 Å². The van der Waals surface area contributed by atoms with E-state index in [2.05, 4.69) is 0 Å². The molecule has 0 saturated carbocycles. The molecule has 0 heterocycles. The fourth-order valence-electron chi connectivity index (χ4n) is 1.23. The quantitative estimate of drug-likeness (QED) is 0.783. The second-order valence-corrected chi connectivity index (χ2v) is 5.92. The van der Waals surface area contributed by atoms with Crippen LogP contribution in [0.25, 0.3) is 0 Å². The van der Waals surface area contributed by atoms with Crippen molar-refractivity contribution in [1.29, 1.82) is 0 Å². The van der Waals surface area contributed by atoms with Crippen LogP contribution in [0.2, 0.25) is 0 Å². The van der Waals surface area contributed by atoms with E-state index in [9.17, 15) is 30.4 Å². The van der Waals surface area contributed by atoms with Crippen molar-refractivity contribution in [1.82, 2.24) is 0 Å². The molecule has 0 saturated heterocycles. The number of halogens is 5. The summed E-state index contributed by atoms with van der Waals surface area (Å²) in [6.07, 6.45) is -4.24. The molecule has 18 heavy (non-hydrogen) atoms. The van der Waals surface area contributed by atoms with Gasteiger partial charge in [0.05, 0.1) is 10.5 Å². The van der Waals surface area contributed by atoms with Gasteiger partial charge >= 0.3 is 6.18 Å². The van der Waals surface area contributed by atoms with Crippen molar-refractivity contribution in [3.8, 4) is 0 Å². The molecule has 8 heteroatoms. The second kappa shape index (κ2) is 4.18. The minimum Gasteiger partial charge on any atom is -0.224 e. The predicted octanol–water partition coefficient (Wildman–Crippen LogP) is 3.22. The van der Waals surface area contributed by atoms with Gasteiger partial charge in [0, 0.05) is 18.7 Å². The summed E-state index contributed by atoms with van der Waals surface area (Å²) in [5, 5.41) is 0. The number of hydrogen-bond acceptors (Lipinski definition) is 2. The summed E-state index contributed by atoms with van der Waals surface area (Å²) in [5.41, 5.74) is -2.40. The fourth-order valence-corrected chi connectivity index (χ4v) is 1.91. The van der Waals surface area contributed by atoms with Gasteiger partial charge in [0.25, 0.3) is 5.92 Å². The number of benzene rings is 1. The summed E-state index contributed by atoms with van der Waals surface area (Å²) < 4.78 is 85.9. The molecule has 0 fully saturated rings. The molecule has 0 N–H and O–H groups in total. The van der Waals surface area contributed by atoms with Crippen LogP contribution in [-0.4, -0.2) is 14.7 Å². The van der Waals surface area contributed by atoms with Crippen molar-refractivity contribution >= 4 is 9.84 Å². The summed E-state index contributed by atoms with van der Waals surface area (Å²) >= 11 is 0. The molecule has 0 aromatic heterocycles. The Hall–Kier alpha value is -1.18. The van der Waals surface area contributed by atoms with Gasteiger partial charge in [-0.1, -0.05) is 0 Å². The lowest BCUT2D eigenvalue weighted by Crippen LogP contribution is -2.13.